The van der Waals surface area contributed by atoms with Gasteiger partial charge in [0, 0.05) is 0 Å². The highest BCUT2D eigenvalue weighted by atomic mass is 14.1. The Bertz CT molecular complexity index is 5480. The summed E-state index contributed by atoms with van der Waals surface area (Å²) >= 11 is 0. The smallest absolute Gasteiger partial charge is 0.0245 e. The SMILES string of the molecule is C/C=C/c1cc2ccc3cc(/C=C/C)cc(ccc4cc(/C=C/C)cc(ccc5cc6ccc7cc(/C=C/C)cc(ccc8cc(/C=C/C)cc(ccc9cc(/C=C/C)cc(ccc%10cc(/C=C/C)cc(ccc%11cc(ccc%12cc(/C=C/C)cc(ccc(c1)c2)c%12)cc(ccc(c5)c6)c%11)c%10)c9)c8)c7)c4)c3. The lowest BCUT2D eigenvalue weighted by molar-refractivity contribution is 1.69. The van der Waals surface area contributed by atoms with Crippen molar-refractivity contribution in [1.29, 1.82) is 0 Å². The van der Waals surface area contributed by atoms with Crippen LogP contribution in [0.1, 0.15) is 99.9 Å². The maximum absolute atomic E-state index is 2.29. The molecular weight excluding hydrogens is 1270 g/mol. The van der Waals surface area contributed by atoms with Gasteiger partial charge in [-0.25, -0.2) is 0 Å². The fourth-order valence-corrected chi connectivity index (χ4v) is 13.6. The minimum atomic E-state index is 1.08. The average molecular weight is 1370 g/mol. The topological polar surface area (TPSA) is 0 Å². The second-order valence-electron chi connectivity index (χ2n) is 27.0. The first kappa shape index (κ1) is 73.0. The fourth-order valence-electron chi connectivity index (χ4n) is 13.6. The molecule has 0 aliphatic heterocycles. The summed E-state index contributed by atoms with van der Waals surface area (Å²) in [5.74, 6) is 0. The minimum Gasteiger partial charge on any atom is -0.0871 e. The molecule has 0 aromatic heterocycles. The molecule has 0 amide bonds. The molecule has 22 bridgehead atoms. The zero-order valence-corrected chi connectivity index (χ0v) is 62.3. The zero-order valence-electron chi connectivity index (χ0n) is 62.3. The lowest BCUT2D eigenvalue weighted by atomic mass is 10.1. The molecular formula is C106H92. The van der Waals surface area contributed by atoms with Crippen molar-refractivity contribution < 1.29 is 0 Å². The first-order valence-corrected chi connectivity index (χ1v) is 36.9. The Morgan fingerprint density at radius 1 is 0.104 bits per heavy atom. The molecule has 0 spiro atoms. The molecule has 0 atom stereocenters. The summed E-state index contributed by atoms with van der Waals surface area (Å²) in [6.45, 7) is 16.6. The molecule has 0 saturated heterocycles. The van der Waals surface area contributed by atoms with Crippen molar-refractivity contribution in [1.82, 2.24) is 0 Å². The van der Waals surface area contributed by atoms with Crippen molar-refractivity contribution in [2.45, 2.75) is 55.4 Å². The first-order chi connectivity index (χ1) is 51.9. The summed E-state index contributed by atoms with van der Waals surface area (Å²) in [6.07, 6.45) is 34.3. The molecule has 0 aliphatic carbocycles. The van der Waals surface area contributed by atoms with Crippen LogP contribution in [0.5, 0.6) is 0 Å². The lowest BCUT2D eigenvalue weighted by Gasteiger charge is -2.00. The van der Waals surface area contributed by atoms with Crippen LogP contribution in [0.25, 0.3) is 167 Å². The van der Waals surface area contributed by atoms with Crippen molar-refractivity contribution in [3.63, 3.8) is 0 Å². The van der Waals surface area contributed by atoms with Gasteiger partial charge in [0.05, 0.1) is 0 Å². The molecule has 12 rings (SSSR count). The molecule has 0 nitrogen and oxygen atoms in total. The Labute approximate surface area is 627 Å². The van der Waals surface area contributed by atoms with Crippen LogP contribution >= 0.6 is 0 Å². The van der Waals surface area contributed by atoms with Gasteiger partial charge in [0.25, 0.3) is 0 Å². The number of allylic oxidation sites excluding steroid dienone is 8. The van der Waals surface area contributed by atoms with E-state index in [1.54, 1.807) is 0 Å². The molecule has 0 aliphatic rings. The quantitative estimate of drug-likeness (QED) is 0.142. The molecule has 0 unspecified atom stereocenters. The monoisotopic (exact) mass is 1360 g/mol. The van der Waals surface area contributed by atoms with Gasteiger partial charge in [-0.2, -0.15) is 0 Å². The van der Waals surface area contributed by atoms with Gasteiger partial charge in [-0.05, 0) is 400 Å². The van der Waals surface area contributed by atoms with E-state index < -0.39 is 0 Å². The number of hydrogen-bond acceptors (Lipinski definition) is 0. The van der Waals surface area contributed by atoms with Crippen LogP contribution in [-0.2, 0) is 0 Å². The zero-order chi connectivity index (χ0) is 73.4. The molecule has 0 saturated carbocycles. The Balaban J connectivity index is 1.18. The molecule has 106 heavy (non-hydrogen) atoms. The summed E-state index contributed by atoms with van der Waals surface area (Å²) < 4.78 is 0. The standard InChI is InChI=1S/C106H92/c1-9-17-77-47-85-25-26-86-48-78(18-10-2)52-90(64-86)30-34-94-56-82(22-14-6)60-98(68-94)38-43-103-72-104-44-40-100-62-84(24-16-8)58-96(70-100)36-32-92-54-80(20-12-4)50-88(66-92)28-27-87-49-79(19-11-3)53-91(65-87)31-35-95-57-83(23-15-7)61-99(69-95)39-42-102-71-101(73-105(74-102)45-46-106(75-103)76-104)41-37-97-59-81(21-13-5)55-93(67-97)33-29-89(51-77)63-85/h9-76H,1-8H3/b17-9+,18-10+,19-11+,20-12+,21-13+,22-14+,23-15+,24-16+,26-25?,28-27?,33-29?,34-30?,35-31?,36-32?,41-37?,42-39?,43-38?,44-40?,46-45?. The van der Waals surface area contributed by atoms with Crippen LogP contribution in [0.4, 0.5) is 0 Å². The van der Waals surface area contributed by atoms with Gasteiger partial charge in [0.2, 0.25) is 0 Å². The number of hydrogen-bond donors (Lipinski definition) is 0. The third-order valence-electron chi connectivity index (χ3n) is 18.0. The molecule has 12 aromatic rings. The van der Waals surface area contributed by atoms with Gasteiger partial charge in [0.15, 0.2) is 0 Å². The van der Waals surface area contributed by atoms with Crippen LogP contribution in [0.15, 0.2) is 364 Å². The molecule has 12 aromatic carbocycles. The highest BCUT2D eigenvalue weighted by Gasteiger charge is 2.01. The van der Waals surface area contributed by atoms with Gasteiger partial charge in [-0.15, -0.1) is 0 Å². The number of rotatable bonds is 8. The number of benzene rings is 10. The van der Waals surface area contributed by atoms with Gasteiger partial charge in [-0.1, -0.05) is 231 Å². The van der Waals surface area contributed by atoms with E-state index in [2.05, 4.69) is 468 Å². The highest BCUT2D eigenvalue weighted by molar-refractivity contribution is 5.87. The van der Waals surface area contributed by atoms with Crippen LogP contribution in [0, 0.1) is 0 Å². The molecule has 0 heterocycles. The van der Waals surface area contributed by atoms with E-state index >= 15 is 0 Å². The largest absolute Gasteiger partial charge is 0.0871 e. The minimum absolute atomic E-state index is 1.08. The second kappa shape index (κ2) is 36.4. The van der Waals surface area contributed by atoms with E-state index in [-0.39, 0.29) is 0 Å². The first-order valence-electron chi connectivity index (χ1n) is 36.9. The predicted molar refractivity (Wildman–Crippen MR) is 478 cm³/mol. The highest BCUT2D eigenvalue weighted by Crippen LogP contribution is 2.26. The Hall–Kier alpha value is -12.7. The maximum atomic E-state index is 2.29. The van der Waals surface area contributed by atoms with E-state index in [0.717, 1.165) is 163 Å². The summed E-state index contributed by atoms with van der Waals surface area (Å²) in [7, 11) is 0. The van der Waals surface area contributed by atoms with E-state index in [4.69, 9.17) is 0 Å². The predicted octanol–water partition coefficient (Wildman–Crippen LogP) is 31.6. The van der Waals surface area contributed by atoms with Crippen molar-refractivity contribution in [2.75, 3.05) is 0 Å². The van der Waals surface area contributed by atoms with Crippen LogP contribution in [-0.4, -0.2) is 0 Å². The van der Waals surface area contributed by atoms with E-state index in [1.807, 2.05) is 0 Å². The van der Waals surface area contributed by atoms with Crippen molar-refractivity contribution in [3.05, 3.63) is 409 Å². The van der Waals surface area contributed by atoms with Gasteiger partial charge < -0.3 is 0 Å². The molecule has 516 valence electrons. The van der Waals surface area contributed by atoms with Crippen molar-refractivity contribution >= 4 is 167 Å². The van der Waals surface area contributed by atoms with Crippen molar-refractivity contribution in [3.8, 4) is 0 Å². The molecule has 0 heteroatoms. The second-order valence-corrected chi connectivity index (χ2v) is 27.0. The Morgan fingerprint density at radius 2 is 0.170 bits per heavy atom. The van der Waals surface area contributed by atoms with E-state index in [9.17, 15) is 0 Å². The normalized spacial score (nSPS) is 11.7. The molecule has 0 fully saturated rings. The van der Waals surface area contributed by atoms with E-state index in [1.165, 1.54) is 0 Å². The van der Waals surface area contributed by atoms with Gasteiger partial charge in [-0.3, -0.25) is 0 Å². The summed E-state index contributed by atoms with van der Waals surface area (Å²) in [6, 6.07) is 118. The van der Waals surface area contributed by atoms with Crippen molar-refractivity contribution in [2.24, 2.45) is 0 Å². The summed E-state index contributed by atoms with van der Waals surface area (Å²) in [5.41, 5.74) is 9.14. The maximum Gasteiger partial charge on any atom is -0.0245 e. The lowest BCUT2D eigenvalue weighted by Crippen LogP contribution is -1.75. The average Bonchev–Trinajstić information content (AvgIpc) is 0.840. The summed E-state index contributed by atoms with van der Waals surface area (Å²) in [5, 5.41) is 24.4. The van der Waals surface area contributed by atoms with Gasteiger partial charge >= 0.3 is 0 Å². The van der Waals surface area contributed by atoms with Crippen LogP contribution < -0.4 is 0 Å². The third kappa shape index (κ3) is 21.4. The fraction of sp³-hybridized carbons (Fsp3) is 0.0755. The Kier molecular flexibility index (Phi) is 25.1. The summed E-state index contributed by atoms with van der Waals surface area (Å²) in [4.78, 5) is 0. The Morgan fingerprint density at radius 3 is 0.236 bits per heavy atom. The van der Waals surface area contributed by atoms with Crippen LogP contribution in [0.2, 0.25) is 0 Å². The molecule has 0 radical (unpaired) electrons. The van der Waals surface area contributed by atoms with Crippen LogP contribution in [0.3, 0.4) is 0 Å². The number of fused-ring (bicyclic) bond motifs is 21. The van der Waals surface area contributed by atoms with E-state index in [0.29, 0.717) is 0 Å². The van der Waals surface area contributed by atoms with Gasteiger partial charge in [0.1, 0.15) is 0 Å². The molecule has 0 N–H and O–H groups in total. The third-order valence-corrected chi connectivity index (χ3v) is 18.0.